The minimum atomic E-state index is -0.547. The van der Waals surface area contributed by atoms with E-state index in [2.05, 4.69) is 0 Å². The summed E-state index contributed by atoms with van der Waals surface area (Å²) in [5.41, 5.74) is 5.96. The van der Waals surface area contributed by atoms with Crippen molar-refractivity contribution < 1.29 is 14.3 Å². The lowest BCUT2D eigenvalue weighted by Crippen LogP contribution is -2.58. The smallest absolute Gasteiger partial charge is 0.238 e. The Kier molecular flexibility index (Phi) is 3.54. The fraction of sp³-hybridized carbons (Fsp3) is 0.462. The van der Waals surface area contributed by atoms with Gasteiger partial charge < -0.3 is 20.1 Å². The second kappa shape index (κ2) is 4.96. The van der Waals surface area contributed by atoms with Crippen LogP contribution in [0.5, 0.6) is 5.75 Å². The Labute approximate surface area is 106 Å². The number of ether oxygens (including phenoxy) is 2. The van der Waals surface area contributed by atoms with Gasteiger partial charge in [-0.2, -0.15) is 0 Å². The molecule has 1 aliphatic rings. The van der Waals surface area contributed by atoms with Crippen molar-refractivity contribution in [2.24, 2.45) is 11.1 Å². The van der Waals surface area contributed by atoms with Gasteiger partial charge in [-0.15, -0.1) is 0 Å². The van der Waals surface area contributed by atoms with Gasteiger partial charge in [0.1, 0.15) is 11.2 Å². The Balaban J connectivity index is 2.14. The van der Waals surface area contributed by atoms with Gasteiger partial charge in [0.15, 0.2) is 0 Å². The number of nitrogens with two attached hydrogens (primary N) is 1. The van der Waals surface area contributed by atoms with E-state index in [0.717, 1.165) is 11.4 Å². The zero-order valence-electron chi connectivity index (χ0n) is 10.7. The number of benzene rings is 1. The Morgan fingerprint density at radius 1 is 1.44 bits per heavy atom. The average molecular weight is 250 g/mol. The van der Waals surface area contributed by atoms with Crippen molar-refractivity contribution in [2.75, 3.05) is 38.8 Å². The molecule has 98 valence electrons. The summed E-state index contributed by atoms with van der Waals surface area (Å²) in [5, 5.41) is 0. The van der Waals surface area contributed by atoms with Gasteiger partial charge >= 0.3 is 0 Å². The molecule has 0 atom stereocenters. The monoisotopic (exact) mass is 250 g/mol. The molecule has 0 saturated carbocycles. The van der Waals surface area contributed by atoms with Crippen LogP contribution in [-0.4, -0.2) is 39.8 Å². The number of carbonyl (C=O) groups excluding carboxylic acids is 1. The zero-order chi connectivity index (χ0) is 13.2. The van der Waals surface area contributed by atoms with Crippen molar-refractivity contribution >= 4 is 11.6 Å². The third kappa shape index (κ3) is 2.07. The Morgan fingerprint density at radius 3 is 2.44 bits per heavy atom. The minimum absolute atomic E-state index is 0.00131. The molecule has 0 unspecified atom stereocenters. The number of carbonyl (C=O) groups is 1. The lowest BCUT2D eigenvalue weighted by molar-refractivity contribution is -0.156. The van der Waals surface area contributed by atoms with Crippen molar-refractivity contribution in [3.05, 3.63) is 24.3 Å². The summed E-state index contributed by atoms with van der Waals surface area (Å²) in [7, 11) is 3.36. The molecule has 0 radical (unpaired) electrons. The van der Waals surface area contributed by atoms with E-state index in [4.69, 9.17) is 15.2 Å². The molecule has 5 heteroatoms. The summed E-state index contributed by atoms with van der Waals surface area (Å²) >= 11 is 0. The molecule has 5 nitrogen and oxygen atoms in total. The first-order valence-corrected chi connectivity index (χ1v) is 5.83. The molecule has 1 fully saturated rings. The largest absolute Gasteiger partial charge is 0.497 e. The minimum Gasteiger partial charge on any atom is -0.497 e. The van der Waals surface area contributed by atoms with Gasteiger partial charge in [-0.05, 0) is 24.3 Å². The van der Waals surface area contributed by atoms with Gasteiger partial charge in [-0.3, -0.25) is 4.79 Å². The number of hydrogen-bond donors (Lipinski definition) is 1. The molecule has 0 bridgehead atoms. The molecule has 0 spiro atoms. The molecule has 1 heterocycles. The van der Waals surface area contributed by atoms with Gasteiger partial charge in [-0.1, -0.05) is 0 Å². The molecule has 1 aliphatic heterocycles. The fourth-order valence-corrected chi connectivity index (χ4v) is 1.96. The van der Waals surface area contributed by atoms with Crippen molar-refractivity contribution in [1.29, 1.82) is 0 Å². The van der Waals surface area contributed by atoms with Crippen LogP contribution in [0, 0.1) is 5.41 Å². The van der Waals surface area contributed by atoms with E-state index in [9.17, 15) is 4.79 Å². The first-order valence-electron chi connectivity index (χ1n) is 5.83. The Hall–Kier alpha value is -1.59. The van der Waals surface area contributed by atoms with Gasteiger partial charge in [0.25, 0.3) is 0 Å². The van der Waals surface area contributed by atoms with Crippen LogP contribution >= 0.6 is 0 Å². The molecule has 2 N–H and O–H groups in total. The van der Waals surface area contributed by atoms with Crippen molar-refractivity contribution in [2.45, 2.75) is 0 Å². The van der Waals surface area contributed by atoms with E-state index >= 15 is 0 Å². The number of anilines is 1. The molecular formula is C13H18N2O3. The van der Waals surface area contributed by atoms with Crippen LogP contribution in [0.3, 0.4) is 0 Å². The lowest BCUT2D eigenvalue weighted by atomic mass is 9.84. The summed E-state index contributed by atoms with van der Waals surface area (Å²) in [6.45, 7) is 1.12. The third-order valence-electron chi connectivity index (χ3n) is 3.37. The molecule has 1 amide bonds. The van der Waals surface area contributed by atoms with Gasteiger partial charge in [0.2, 0.25) is 5.91 Å². The summed E-state index contributed by atoms with van der Waals surface area (Å²) in [5.74, 6) is 0.765. The van der Waals surface area contributed by atoms with Crippen molar-refractivity contribution in [3.63, 3.8) is 0 Å². The number of amides is 1. The van der Waals surface area contributed by atoms with E-state index in [1.807, 2.05) is 24.3 Å². The predicted octanol–water partition coefficient (Wildman–Crippen LogP) is 0.633. The van der Waals surface area contributed by atoms with Gasteiger partial charge in [-0.25, -0.2) is 0 Å². The quantitative estimate of drug-likeness (QED) is 0.851. The molecule has 1 saturated heterocycles. The molecular weight excluding hydrogens is 232 g/mol. The second-order valence-electron chi connectivity index (χ2n) is 4.54. The number of methoxy groups -OCH3 is 1. The highest BCUT2D eigenvalue weighted by Gasteiger charge is 2.46. The average Bonchev–Trinajstić information content (AvgIpc) is 2.37. The topological polar surface area (TPSA) is 64.8 Å². The van der Waals surface area contributed by atoms with Crippen LogP contribution in [0.4, 0.5) is 5.69 Å². The first kappa shape index (κ1) is 12.9. The molecule has 1 aromatic carbocycles. The summed E-state index contributed by atoms with van der Waals surface area (Å²) < 4.78 is 10.2. The van der Waals surface area contributed by atoms with Gasteiger partial charge in [0, 0.05) is 19.3 Å². The van der Waals surface area contributed by atoms with E-state index in [0.29, 0.717) is 19.8 Å². The molecule has 0 aromatic heterocycles. The highest BCUT2D eigenvalue weighted by molar-refractivity contribution is 5.98. The maximum Gasteiger partial charge on any atom is 0.238 e. The summed E-state index contributed by atoms with van der Waals surface area (Å²) in [6, 6.07) is 7.35. The first-order chi connectivity index (χ1) is 8.63. The standard InChI is InChI=1S/C13H18N2O3/c1-15(10-3-5-11(17-2)6-4-10)12(16)13(7-14)8-18-9-13/h3-6H,7-9,14H2,1-2H3. The van der Waals surface area contributed by atoms with E-state index in [1.165, 1.54) is 0 Å². The fourth-order valence-electron chi connectivity index (χ4n) is 1.96. The zero-order valence-corrected chi connectivity index (χ0v) is 10.7. The predicted molar refractivity (Wildman–Crippen MR) is 68.7 cm³/mol. The molecule has 1 aromatic rings. The van der Waals surface area contributed by atoms with Crippen molar-refractivity contribution in [3.8, 4) is 5.75 Å². The van der Waals surface area contributed by atoms with Crippen molar-refractivity contribution in [1.82, 2.24) is 0 Å². The normalized spacial score (nSPS) is 16.8. The maximum absolute atomic E-state index is 12.4. The highest BCUT2D eigenvalue weighted by Crippen LogP contribution is 2.30. The van der Waals surface area contributed by atoms with Crippen LogP contribution in [0.2, 0.25) is 0 Å². The van der Waals surface area contributed by atoms with E-state index in [1.54, 1.807) is 19.1 Å². The maximum atomic E-state index is 12.4. The second-order valence-corrected chi connectivity index (χ2v) is 4.54. The number of rotatable bonds is 4. The molecule has 2 rings (SSSR count). The van der Waals surface area contributed by atoms with Crippen LogP contribution in [0.15, 0.2) is 24.3 Å². The lowest BCUT2D eigenvalue weighted by Gasteiger charge is -2.41. The number of hydrogen-bond acceptors (Lipinski definition) is 4. The van der Waals surface area contributed by atoms with E-state index in [-0.39, 0.29) is 5.91 Å². The Morgan fingerprint density at radius 2 is 2.06 bits per heavy atom. The molecule has 0 aliphatic carbocycles. The Bertz CT molecular complexity index is 421. The van der Waals surface area contributed by atoms with Crippen LogP contribution in [0.25, 0.3) is 0 Å². The van der Waals surface area contributed by atoms with Crippen LogP contribution in [-0.2, 0) is 9.53 Å². The SMILES string of the molecule is COc1ccc(N(C)C(=O)C2(CN)COC2)cc1. The van der Waals surface area contributed by atoms with E-state index < -0.39 is 5.41 Å². The summed E-state index contributed by atoms with van der Waals surface area (Å²) in [4.78, 5) is 14.0. The molecule has 18 heavy (non-hydrogen) atoms. The van der Waals surface area contributed by atoms with Gasteiger partial charge in [0.05, 0.1) is 20.3 Å². The highest BCUT2D eigenvalue weighted by atomic mass is 16.5. The summed E-state index contributed by atoms with van der Waals surface area (Å²) in [6.07, 6.45) is 0. The number of nitrogens with zero attached hydrogens (tertiary/aromatic N) is 1. The van der Waals surface area contributed by atoms with Crippen LogP contribution in [0.1, 0.15) is 0 Å². The third-order valence-corrected chi connectivity index (χ3v) is 3.37. The van der Waals surface area contributed by atoms with Crippen LogP contribution < -0.4 is 15.4 Å².